The van der Waals surface area contributed by atoms with Crippen LogP contribution in [0.2, 0.25) is 0 Å². The molecule has 6 heterocycles. The Kier molecular flexibility index (Phi) is 4.62. The number of thiophene rings is 1. The number of nitrogens with zero attached hydrogens (tertiary/aromatic N) is 3. The predicted molar refractivity (Wildman–Crippen MR) is 127 cm³/mol. The number of fused-ring (bicyclic) bond motifs is 2. The van der Waals surface area contributed by atoms with Gasteiger partial charge in [0.2, 0.25) is 0 Å². The zero-order chi connectivity index (χ0) is 21.7. The zero-order valence-corrected chi connectivity index (χ0v) is 18.4. The highest BCUT2D eigenvalue weighted by Gasteiger charge is 2.19. The smallest absolute Gasteiger partial charge is 0.169 e. The van der Waals surface area contributed by atoms with Crippen LogP contribution in [0.15, 0.2) is 42.9 Å². The van der Waals surface area contributed by atoms with E-state index in [9.17, 15) is 4.79 Å². The van der Waals surface area contributed by atoms with Crippen molar-refractivity contribution in [3.63, 3.8) is 0 Å². The van der Waals surface area contributed by atoms with E-state index in [1.807, 2.05) is 30.7 Å². The van der Waals surface area contributed by atoms with Gasteiger partial charge in [0.1, 0.15) is 5.69 Å². The number of carbonyl (C=O) groups is 1. The fourth-order valence-electron chi connectivity index (χ4n) is 4.55. The van der Waals surface area contributed by atoms with Gasteiger partial charge in [0.25, 0.3) is 0 Å². The zero-order valence-electron chi connectivity index (χ0n) is 17.6. The van der Waals surface area contributed by atoms with Gasteiger partial charge in [0.05, 0.1) is 22.3 Å². The molecule has 5 aromatic rings. The van der Waals surface area contributed by atoms with Crippen LogP contribution < -0.4 is 5.32 Å². The van der Waals surface area contributed by atoms with Crippen molar-refractivity contribution >= 4 is 39.1 Å². The van der Waals surface area contributed by atoms with Gasteiger partial charge in [-0.1, -0.05) is 0 Å². The van der Waals surface area contributed by atoms with E-state index in [-0.39, 0.29) is 5.78 Å². The summed E-state index contributed by atoms with van der Waals surface area (Å²) in [5, 5.41) is 13.2. The number of piperidine rings is 1. The molecule has 1 saturated heterocycles. The van der Waals surface area contributed by atoms with Crippen LogP contribution in [0.5, 0.6) is 0 Å². The van der Waals surface area contributed by atoms with Crippen molar-refractivity contribution < 1.29 is 4.79 Å². The third kappa shape index (κ3) is 3.23. The van der Waals surface area contributed by atoms with Gasteiger partial charge in [-0.05, 0) is 68.6 Å². The molecule has 8 heteroatoms. The Morgan fingerprint density at radius 2 is 1.97 bits per heavy atom. The van der Waals surface area contributed by atoms with Crippen LogP contribution in [-0.2, 0) is 0 Å². The monoisotopic (exact) mass is 442 g/mol. The Bertz CT molecular complexity index is 1460. The van der Waals surface area contributed by atoms with Crippen molar-refractivity contribution in [1.82, 2.24) is 30.5 Å². The largest absolute Gasteiger partial charge is 0.352 e. The lowest BCUT2D eigenvalue weighted by atomic mass is 9.91. The van der Waals surface area contributed by atoms with E-state index in [2.05, 4.69) is 42.6 Å². The van der Waals surface area contributed by atoms with Gasteiger partial charge < -0.3 is 10.3 Å². The number of hydrogen-bond donors (Lipinski definition) is 3. The van der Waals surface area contributed by atoms with Gasteiger partial charge >= 0.3 is 0 Å². The molecule has 0 unspecified atom stereocenters. The molecule has 1 aliphatic heterocycles. The molecule has 0 aliphatic carbocycles. The summed E-state index contributed by atoms with van der Waals surface area (Å²) in [5.74, 6) is 0.611. The highest BCUT2D eigenvalue weighted by molar-refractivity contribution is 7.17. The Morgan fingerprint density at radius 3 is 2.78 bits per heavy atom. The molecule has 0 radical (unpaired) electrons. The van der Waals surface area contributed by atoms with Gasteiger partial charge in [-0.25, -0.2) is 4.98 Å². The topological polar surface area (TPSA) is 99.4 Å². The minimum absolute atomic E-state index is 0.0798. The van der Waals surface area contributed by atoms with Crippen LogP contribution in [0.4, 0.5) is 0 Å². The Balaban J connectivity index is 1.44. The lowest BCUT2D eigenvalue weighted by Gasteiger charge is -2.22. The summed E-state index contributed by atoms with van der Waals surface area (Å²) in [7, 11) is 0. The van der Waals surface area contributed by atoms with E-state index < -0.39 is 0 Å². The minimum Gasteiger partial charge on any atom is -0.352 e. The lowest BCUT2D eigenvalue weighted by molar-refractivity contribution is 0.102. The van der Waals surface area contributed by atoms with Crippen molar-refractivity contribution in [3.05, 3.63) is 53.3 Å². The SMILES string of the molecule is CC(=O)c1ccc(-c2cncc3[nH]c(-c4n[nH]c5ncc(C6CCNCC6)cc45)cc23)s1. The molecule has 0 bridgehead atoms. The summed E-state index contributed by atoms with van der Waals surface area (Å²) in [4.78, 5) is 26.1. The van der Waals surface area contributed by atoms with Gasteiger partial charge in [0.15, 0.2) is 11.4 Å². The fraction of sp³-hybridized carbons (Fsp3) is 0.250. The number of H-pyrrole nitrogens is 2. The second-order valence-corrected chi connectivity index (χ2v) is 9.40. The molecule has 6 rings (SSSR count). The number of nitrogens with one attached hydrogen (secondary N) is 3. The number of Topliss-reactive ketones (excluding diaryl/α,β-unsaturated/α-hetero) is 1. The molecule has 0 amide bonds. The third-order valence-corrected chi connectivity index (χ3v) is 7.49. The van der Waals surface area contributed by atoms with E-state index >= 15 is 0 Å². The number of pyridine rings is 2. The minimum atomic E-state index is 0.0798. The molecule has 0 aromatic carbocycles. The van der Waals surface area contributed by atoms with Crippen LogP contribution in [0.25, 0.3) is 43.8 Å². The normalized spacial score (nSPS) is 15.0. The summed E-state index contributed by atoms with van der Waals surface area (Å²) in [6.07, 6.45) is 7.93. The molecular formula is C24H22N6OS. The maximum Gasteiger partial charge on any atom is 0.169 e. The molecule has 1 aliphatic rings. The average molecular weight is 443 g/mol. The van der Waals surface area contributed by atoms with Gasteiger partial charge in [-0.2, -0.15) is 5.10 Å². The predicted octanol–water partition coefficient (Wildman–Crippen LogP) is 4.90. The van der Waals surface area contributed by atoms with E-state index in [0.717, 1.165) is 74.6 Å². The Hall–Kier alpha value is -3.36. The highest BCUT2D eigenvalue weighted by Crippen LogP contribution is 2.37. The number of aromatic amines is 2. The molecule has 1 fully saturated rings. The summed E-state index contributed by atoms with van der Waals surface area (Å²) < 4.78 is 0. The van der Waals surface area contributed by atoms with E-state index in [4.69, 9.17) is 0 Å². The van der Waals surface area contributed by atoms with Crippen molar-refractivity contribution in [3.8, 4) is 21.8 Å². The molecule has 7 nitrogen and oxygen atoms in total. The van der Waals surface area contributed by atoms with Crippen molar-refractivity contribution in [2.45, 2.75) is 25.7 Å². The molecule has 3 N–H and O–H groups in total. The van der Waals surface area contributed by atoms with Crippen molar-refractivity contribution in [2.24, 2.45) is 0 Å². The van der Waals surface area contributed by atoms with Crippen LogP contribution in [0.1, 0.15) is 40.9 Å². The number of hydrogen-bond acceptors (Lipinski definition) is 6. The van der Waals surface area contributed by atoms with E-state index in [1.54, 1.807) is 6.92 Å². The molecule has 160 valence electrons. The highest BCUT2D eigenvalue weighted by atomic mass is 32.1. The number of carbonyl (C=O) groups excluding carboxylic acids is 1. The number of aromatic nitrogens is 5. The summed E-state index contributed by atoms with van der Waals surface area (Å²) in [6.45, 7) is 3.69. The van der Waals surface area contributed by atoms with Crippen LogP contribution >= 0.6 is 11.3 Å². The van der Waals surface area contributed by atoms with Crippen molar-refractivity contribution in [2.75, 3.05) is 13.1 Å². The standard InChI is InChI=1S/C24H22N6OS/c1-13(31)21-2-3-22(32-21)18-11-26-12-20-16(18)9-19(28-20)23-17-8-15(10-27-24(17)30-29-23)14-4-6-25-7-5-14/h2-3,8-12,14,25,28H,4-7H2,1H3,(H,27,29,30). The first kappa shape index (κ1) is 19.3. The molecule has 32 heavy (non-hydrogen) atoms. The molecule has 5 aromatic heterocycles. The van der Waals surface area contributed by atoms with Crippen molar-refractivity contribution in [1.29, 1.82) is 0 Å². The van der Waals surface area contributed by atoms with Crippen LogP contribution in [0, 0.1) is 0 Å². The molecule has 0 atom stereocenters. The summed E-state index contributed by atoms with van der Waals surface area (Å²) >= 11 is 1.50. The third-order valence-electron chi connectivity index (χ3n) is 6.27. The maximum absolute atomic E-state index is 11.7. The lowest BCUT2D eigenvalue weighted by Crippen LogP contribution is -2.26. The number of rotatable bonds is 4. The molecule has 0 saturated carbocycles. The van der Waals surface area contributed by atoms with Gasteiger partial charge in [0, 0.05) is 33.6 Å². The first-order chi connectivity index (χ1) is 15.7. The number of ketones is 1. The molecule has 0 spiro atoms. The average Bonchev–Trinajstić information content (AvgIpc) is 3.56. The summed E-state index contributed by atoms with van der Waals surface area (Å²) in [6, 6.07) is 8.22. The maximum atomic E-state index is 11.7. The quantitative estimate of drug-likeness (QED) is 0.344. The van der Waals surface area contributed by atoms with Gasteiger partial charge in [-0.15, -0.1) is 11.3 Å². The first-order valence-electron chi connectivity index (χ1n) is 10.8. The molecular weight excluding hydrogens is 420 g/mol. The first-order valence-corrected chi connectivity index (χ1v) is 11.6. The van der Waals surface area contributed by atoms with E-state index in [1.165, 1.54) is 16.9 Å². The van der Waals surface area contributed by atoms with E-state index in [0.29, 0.717) is 5.92 Å². The van der Waals surface area contributed by atoms with Crippen LogP contribution in [-0.4, -0.2) is 44.0 Å². The van der Waals surface area contributed by atoms with Gasteiger partial charge in [-0.3, -0.25) is 14.9 Å². The van der Waals surface area contributed by atoms with Crippen LogP contribution in [0.3, 0.4) is 0 Å². The fourth-order valence-corrected chi connectivity index (χ4v) is 5.48. The second-order valence-electron chi connectivity index (χ2n) is 8.31. The Labute approximate surface area is 188 Å². The summed E-state index contributed by atoms with van der Waals surface area (Å²) in [5.41, 5.74) is 5.80. The second kappa shape index (κ2) is 7.65. The Morgan fingerprint density at radius 1 is 1.09 bits per heavy atom.